The van der Waals surface area contributed by atoms with Gasteiger partial charge in [0.1, 0.15) is 5.82 Å². The Morgan fingerprint density at radius 2 is 2.00 bits per heavy atom. The Bertz CT molecular complexity index is 602. The largest absolute Gasteiger partial charge is 0.392 e. The number of halogens is 2. The lowest BCUT2D eigenvalue weighted by atomic mass is 9.65. The summed E-state index contributed by atoms with van der Waals surface area (Å²) in [7, 11) is 0. The van der Waals surface area contributed by atoms with E-state index >= 15 is 0 Å². The smallest absolute Gasteiger partial charge is 0.194 e. The minimum atomic E-state index is -0.377. The van der Waals surface area contributed by atoms with Crippen molar-refractivity contribution in [3.8, 4) is 0 Å². The average molecular weight is 449 g/mol. The van der Waals surface area contributed by atoms with E-state index in [-0.39, 0.29) is 47.4 Å². The molecule has 0 atom stereocenters. The van der Waals surface area contributed by atoms with Crippen molar-refractivity contribution in [1.29, 1.82) is 0 Å². The topological polar surface area (TPSA) is 47.9 Å². The monoisotopic (exact) mass is 449 g/mol. The van der Waals surface area contributed by atoms with Crippen LogP contribution in [-0.2, 0) is 13.2 Å². The second kappa shape index (κ2) is 7.99. The van der Waals surface area contributed by atoms with Gasteiger partial charge < -0.3 is 15.3 Å². The number of rotatable bonds is 4. The van der Waals surface area contributed by atoms with E-state index in [4.69, 9.17) is 10.1 Å². The summed E-state index contributed by atoms with van der Waals surface area (Å²) in [6.07, 6.45) is 0. The van der Waals surface area contributed by atoms with Crippen LogP contribution in [0.15, 0.2) is 23.2 Å². The van der Waals surface area contributed by atoms with Gasteiger partial charge in [0.15, 0.2) is 5.96 Å². The molecule has 0 unspecified atom stereocenters. The number of nitrogens with one attached hydrogen (secondary N) is 1. The molecule has 24 heavy (non-hydrogen) atoms. The van der Waals surface area contributed by atoms with Gasteiger partial charge >= 0.3 is 0 Å². The van der Waals surface area contributed by atoms with Crippen molar-refractivity contribution in [3.63, 3.8) is 0 Å². The average Bonchev–Trinajstić information content (AvgIpc) is 2.50. The van der Waals surface area contributed by atoms with Crippen LogP contribution in [0.3, 0.4) is 0 Å². The molecule has 0 radical (unpaired) electrons. The van der Waals surface area contributed by atoms with Crippen LogP contribution < -0.4 is 5.32 Å². The second-order valence-electron chi connectivity index (χ2n) is 7.28. The fourth-order valence-corrected chi connectivity index (χ4v) is 2.81. The third-order valence-corrected chi connectivity index (χ3v) is 5.17. The fourth-order valence-electron chi connectivity index (χ4n) is 2.81. The van der Waals surface area contributed by atoms with Crippen molar-refractivity contribution in [2.24, 2.45) is 10.4 Å². The molecule has 1 aliphatic heterocycles. The van der Waals surface area contributed by atoms with Gasteiger partial charge in [0, 0.05) is 29.6 Å². The van der Waals surface area contributed by atoms with Crippen LogP contribution in [-0.4, -0.2) is 34.6 Å². The highest BCUT2D eigenvalue weighted by molar-refractivity contribution is 14.0. The summed E-state index contributed by atoms with van der Waals surface area (Å²) < 4.78 is 13.5. The van der Waals surface area contributed by atoms with Crippen molar-refractivity contribution in [2.75, 3.05) is 13.1 Å². The highest BCUT2D eigenvalue weighted by Crippen LogP contribution is 2.46. The molecule has 136 valence electrons. The summed E-state index contributed by atoms with van der Waals surface area (Å²) in [6, 6.07) is 4.78. The quantitative estimate of drug-likeness (QED) is 0.420. The molecule has 6 heteroatoms. The summed E-state index contributed by atoms with van der Waals surface area (Å²) in [5, 5.41) is 12.5. The van der Waals surface area contributed by atoms with Gasteiger partial charge in [0.2, 0.25) is 0 Å². The van der Waals surface area contributed by atoms with Crippen LogP contribution in [0.25, 0.3) is 0 Å². The Morgan fingerprint density at radius 1 is 1.33 bits per heavy atom. The van der Waals surface area contributed by atoms with E-state index in [0.717, 1.165) is 24.6 Å². The van der Waals surface area contributed by atoms with Gasteiger partial charge in [-0.05, 0) is 38.5 Å². The first-order valence-corrected chi connectivity index (χ1v) is 8.17. The van der Waals surface area contributed by atoms with Gasteiger partial charge in [-0.1, -0.05) is 19.9 Å². The normalized spacial score (nSPS) is 18.6. The van der Waals surface area contributed by atoms with Crippen LogP contribution in [0.4, 0.5) is 4.39 Å². The molecule has 0 spiro atoms. The first kappa shape index (κ1) is 21.2. The van der Waals surface area contributed by atoms with E-state index < -0.39 is 0 Å². The second-order valence-corrected chi connectivity index (χ2v) is 7.28. The van der Waals surface area contributed by atoms with Crippen molar-refractivity contribution in [3.05, 3.63) is 35.1 Å². The first-order valence-electron chi connectivity index (χ1n) is 8.17. The van der Waals surface area contributed by atoms with Crippen LogP contribution >= 0.6 is 24.0 Å². The molecule has 1 heterocycles. The molecule has 0 saturated carbocycles. The first-order chi connectivity index (χ1) is 10.7. The van der Waals surface area contributed by atoms with E-state index in [0.29, 0.717) is 12.1 Å². The molecule has 4 nitrogen and oxygen atoms in total. The van der Waals surface area contributed by atoms with Crippen molar-refractivity contribution in [2.45, 2.75) is 53.3 Å². The summed E-state index contributed by atoms with van der Waals surface area (Å²) >= 11 is 0. The zero-order valence-electron chi connectivity index (χ0n) is 15.2. The molecule has 1 aromatic rings. The maximum Gasteiger partial charge on any atom is 0.194 e. The van der Waals surface area contributed by atoms with E-state index in [9.17, 15) is 4.39 Å². The molecular weight excluding hydrogens is 420 g/mol. The number of hydrogen-bond donors (Lipinski definition) is 2. The van der Waals surface area contributed by atoms with Crippen molar-refractivity contribution in [1.82, 2.24) is 10.2 Å². The number of hydrogen-bond acceptors (Lipinski definition) is 2. The maximum absolute atomic E-state index is 13.5. The Hall–Kier alpha value is -0.890. The van der Waals surface area contributed by atoms with Crippen LogP contribution in [0.2, 0.25) is 0 Å². The molecule has 0 aromatic heterocycles. The number of likely N-dealkylation sites (tertiary alicyclic amines) is 1. The molecule has 0 aliphatic carbocycles. The van der Waals surface area contributed by atoms with Crippen molar-refractivity contribution >= 4 is 29.9 Å². The van der Waals surface area contributed by atoms with Crippen LogP contribution in [0.5, 0.6) is 0 Å². The van der Waals surface area contributed by atoms with Gasteiger partial charge in [0.25, 0.3) is 0 Å². The predicted molar refractivity (Wildman–Crippen MR) is 107 cm³/mol. The van der Waals surface area contributed by atoms with Gasteiger partial charge in [-0.25, -0.2) is 9.38 Å². The highest BCUT2D eigenvalue weighted by Gasteiger charge is 2.53. The Labute approximate surface area is 161 Å². The number of aliphatic hydroxyl groups excluding tert-OH is 1. The molecule has 1 saturated heterocycles. The number of aliphatic imine (C=N–C) groups is 1. The zero-order valence-corrected chi connectivity index (χ0v) is 17.5. The van der Waals surface area contributed by atoms with Crippen LogP contribution in [0.1, 0.15) is 45.7 Å². The van der Waals surface area contributed by atoms with Gasteiger partial charge in [-0.2, -0.15) is 0 Å². The number of aliphatic hydroxyl groups is 1. The van der Waals surface area contributed by atoms with Crippen molar-refractivity contribution < 1.29 is 9.50 Å². The molecule has 0 amide bonds. The van der Waals surface area contributed by atoms with E-state index in [1.807, 2.05) is 0 Å². The summed E-state index contributed by atoms with van der Waals surface area (Å²) in [4.78, 5) is 6.98. The summed E-state index contributed by atoms with van der Waals surface area (Å²) in [5.74, 6) is 0.504. The number of guanidine groups is 1. The lowest BCUT2D eigenvalue weighted by Gasteiger charge is -2.62. The minimum Gasteiger partial charge on any atom is -0.392 e. The van der Waals surface area contributed by atoms with Gasteiger partial charge in [-0.15, -0.1) is 24.0 Å². The van der Waals surface area contributed by atoms with Crippen LogP contribution in [0, 0.1) is 11.2 Å². The fraction of sp³-hybridized carbons (Fsp3) is 0.611. The van der Waals surface area contributed by atoms with E-state index in [1.54, 1.807) is 12.1 Å². The molecule has 2 rings (SSSR count). The molecule has 1 aliphatic rings. The van der Waals surface area contributed by atoms with Gasteiger partial charge in [0.05, 0.1) is 13.2 Å². The lowest BCUT2D eigenvalue weighted by Crippen LogP contribution is -2.72. The standard InChI is InChI=1S/C18H28FN3O.HI/c1-6-20-16(22-12-17(2,3)18(22,4)5)21-10-13-7-8-15(19)14(9-13)11-23;/h7-9,23H,6,10-12H2,1-5H3,(H,20,21);1H. The lowest BCUT2D eigenvalue weighted by molar-refractivity contribution is -0.0667. The number of benzene rings is 1. The third-order valence-electron chi connectivity index (χ3n) is 5.17. The Morgan fingerprint density at radius 3 is 2.50 bits per heavy atom. The molecule has 1 aromatic carbocycles. The Balaban J connectivity index is 0.00000288. The minimum absolute atomic E-state index is 0. The SMILES string of the molecule is CCNC(=NCc1ccc(F)c(CO)c1)N1CC(C)(C)C1(C)C.I. The Kier molecular flexibility index (Phi) is 7.04. The van der Waals surface area contributed by atoms with E-state index in [1.165, 1.54) is 6.07 Å². The summed E-state index contributed by atoms with van der Waals surface area (Å²) in [5.41, 5.74) is 1.48. The predicted octanol–water partition coefficient (Wildman–Crippen LogP) is 3.52. The number of nitrogens with zero attached hydrogens (tertiary/aromatic N) is 2. The molecular formula is C18H29FIN3O. The third kappa shape index (κ3) is 4.02. The highest BCUT2D eigenvalue weighted by atomic mass is 127. The molecule has 2 N–H and O–H groups in total. The van der Waals surface area contributed by atoms with E-state index in [2.05, 4.69) is 44.8 Å². The van der Waals surface area contributed by atoms with Gasteiger partial charge in [-0.3, -0.25) is 0 Å². The zero-order chi connectivity index (χ0) is 17.3. The summed E-state index contributed by atoms with van der Waals surface area (Å²) in [6.45, 7) is 13.0. The molecule has 0 bridgehead atoms. The maximum atomic E-state index is 13.5. The molecule has 1 fully saturated rings.